The summed E-state index contributed by atoms with van der Waals surface area (Å²) >= 11 is 0. The smallest absolute Gasteiger partial charge is 0.227 e. The minimum Gasteiger partial charge on any atom is -0.486 e. The molecule has 1 saturated heterocycles. The molecule has 0 atom stereocenters. The number of benzene rings is 2. The highest BCUT2D eigenvalue weighted by Crippen LogP contribution is 2.39. The molecule has 0 radical (unpaired) electrons. The van der Waals surface area contributed by atoms with Crippen LogP contribution in [0, 0.1) is 11.6 Å². The van der Waals surface area contributed by atoms with Crippen LogP contribution in [0.2, 0.25) is 0 Å². The van der Waals surface area contributed by atoms with E-state index in [1.54, 1.807) is 6.07 Å². The van der Waals surface area contributed by atoms with Gasteiger partial charge in [-0.25, -0.2) is 18.7 Å². The van der Waals surface area contributed by atoms with Gasteiger partial charge >= 0.3 is 0 Å². The summed E-state index contributed by atoms with van der Waals surface area (Å²) in [6.45, 7) is 8.97. The number of fused-ring (bicyclic) bond motifs is 1. The molecule has 0 unspecified atom stereocenters. The molecule has 0 saturated carbocycles. The zero-order chi connectivity index (χ0) is 23.7. The number of nitrogens with one attached hydrogen (secondary N) is 2. The van der Waals surface area contributed by atoms with E-state index in [1.165, 1.54) is 6.07 Å². The fraction of sp³-hybridized carbons (Fsp3) is 0.360. The summed E-state index contributed by atoms with van der Waals surface area (Å²) in [5.74, 6) is -0.719. The first kappa shape index (κ1) is 22.3. The number of halogens is 2. The predicted molar refractivity (Wildman–Crippen MR) is 130 cm³/mol. The van der Waals surface area contributed by atoms with Crippen molar-refractivity contribution in [1.29, 1.82) is 0 Å². The minimum atomic E-state index is -0.619. The summed E-state index contributed by atoms with van der Waals surface area (Å²) in [5, 5.41) is 6.47. The summed E-state index contributed by atoms with van der Waals surface area (Å²) in [6.07, 6.45) is 1.10. The predicted octanol–water partition coefficient (Wildman–Crippen LogP) is 4.18. The Balaban J connectivity index is 1.41. The Morgan fingerprint density at radius 2 is 1.79 bits per heavy atom. The first-order valence-corrected chi connectivity index (χ1v) is 11.6. The zero-order valence-electron chi connectivity index (χ0n) is 19.3. The lowest BCUT2D eigenvalue weighted by Gasteiger charge is -2.34. The first-order chi connectivity index (χ1) is 16.5. The van der Waals surface area contributed by atoms with Crippen LogP contribution >= 0.6 is 0 Å². The Labute approximate surface area is 197 Å². The van der Waals surface area contributed by atoms with Crippen molar-refractivity contribution in [2.45, 2.75) is 19.9 Å². The zero-order valence-corrected chi connectivity index (χ0v) is 19.3. The summed E-state index contributed by atoms with van der Waals surface area (Å²) in [6, 6.07) is 11.1. The van der Waals surface area contributed by atoms with Crippen LogP contribution in [0.15, 0.2) is 42.6 Å². The van der Waals surface area contributed by atoms with E-state index >= 15 is 0 Å². The number of hydrogen-bond donors (Lipinski definition) is 2. The van der Waals surface area contributed by atoms with Crippen LogP contribution in [0.3, 0.4) is 0 Å². The maximum Gasteiger partial charge on any atom is 0.227 e. The molecule has 2 aliphatic rings. The van der Waals surface area contributed by atoms with E-state index in [2.05, 4.69) is 25.5 Å². The van der Waals surface area contributed by atoms with Gasteiger partial charge in [0.1, 0.15) is 12.3 Å². The molecule has 2 aliphatic heterocycles. The van der Waals surface area contributed by atoms with Gasteiger partial charge in [0, 0.05) is 49.2 Å². The Morgan fingerprint density at radius 3 is 2.53 bits per heavy atom. The van der Waals surface area contributed by atoms with Gasteiger partial charge in [-0.05, 0) is 50.2 Å². The van der Waals surface area contributed by atoms with Crippen LogP contribution in [-0.2, 0) is 0 Å². The lowest BCUT2D eigenvalue weighted by Crippen LogP contribution is -2.43. The van der Waals surface area contributed by atoms with Crippen molar-refractivity contribution in [3.8, 4) is 17.0 Å². The fourth-order valence-electron chi connectivity index (χ4n) is 4.41. The number of ether oxygens (including phenoxy) is 1. The molecule has 1 fully saturated rings. The third-order valence-corrected chi connectivity index (χ3v) is 6.16. The number of hydrogen-bond acceptors (Lipinski definition) is 7. The molecule has 0 spiro atoms. The molecule has 0 amide bonds. The van der Waals surface area contributed by atoms with Gasteiger partial charge in [-0.2, -0.15) is 0 Å². The van der Waals surface area contributed by atoms with Gasteiger partial charge in [0.15, 0.2) is 17.4 Å². The molecule has 3 heterocycles. The van der Waals surface area contributed by atoms with Crippen LogP contribution in [0.25, 0.3) is 11.3 Å². The van der Waals surface area contributed by atoms with Crippen molar-refractivity contribution in [2.24, 2.45) is 0 Å². The number of aromatic nitrogens is 2. The highest BCUT2D eigenvalue weighted by atomic mass is 19.1. The van der Waals surface area contributed by atoms with Crippen molar-refractivity contribution in [1.82, 2.24) is 15.3 Å². The lowest BCUT2D eigenvalue weighted by molar-refractivity contribution is 0.287. The molecule has 0 aliphatic carbocycles. The molecule has 0 bridgehead atoms. The second kappa shape index (κ2) is 9.42. The number of nitrogens with zero attached hydrogens (tertiary/aromatic N) is 4. The topological polar surface area (TPSA) is 65.6 Å². The molecule has 7 nitrogen and oxygen atoms in total. The van der Waals surface area contributed by atoms with E-state index in [9.17, 15) is 8.78 Å². The summed E-state index contributed by atoms with van der Waals surface area (Å²) in [7, 11) is 0. The van der Waals surface area contributed by atoms with Gasteiger partial charge in [-0.3, -0.25) is 0 Å². The van der Waals surface area contributed by atoms with Gasteiger partial charge in [0.2, 0.25) is 5.95 Å². The van der Waals surface area contributed by atoms with Crippen LogP contribution in [0.1, 0.15) is 13.8 Å². The molecule has 1 aromatic heterocycles. The fourth-order valence-corrected chi connectivity index (χ4v) is 4.41. The lowest BCUT2D eigenvalue weighted by atomic mass is 10.1. The van der Waals surface area contributed by atoms with Crippen molar-refractivity contribution in [3.05, 3.63) is 54.2 Å². The van der Waals surface area contributed by atoms with Gasteiger partial charge < -0.3 is 25.2 Å². The Morgan fingerprint density at radius 1 is 1.03 bits per heavy atom. The van der Waals surface area contributed by atoms with E-state index in [0.29, 0.717) is 24.4 Å². The van der Waals surface area contributed by atoms with Crippen molar-refractivity contribution in [2.75, 3.05) is 54.4 Å². The molecule has 9 heteroatoms. The van der Waals surface area contributed by atoms with Gasteiger partial charge in [0.25, 0.3) is 0 Å². The monoisotopic (exact) mass is 466 g/mol. The molecule has 5 rings (SSSR count). The van der Waals surface area contributed by atoms with Crippen molar-refractivity contribution >= 4 is 23.0 Å². The van der Waals surface area contributed by atoms with Crippen LogP contribution in [0.4, 0.5) is 31.8 Å². The summed E-state index contributed by atoms with van der Waals surface area (Å²) in [5.41, 5.74) is 2.91. The quantitative estimate of drug-likeness (QED) is 0.585. The maximum absolute atomic E-state index is 14.9. The third kappa shape index (κ3) is 4.48. The molecular formula is C25H28F2N6O. The van der Waals surface area contributed by atoms with Gasteiger partial charge in [-0.15, -0.1) is 0 Å². The molecule has 2 N–H and O–H groups in total. The van der Waals surface area contributed by atoms with Crippen LogP contribution < -0.4 is 25.2 Å². The Kier molecular flexibility index (Phi) is 6.19. The Bertz CT molecular complexity index is 1160. The highest BCUT2D eigenvalue weighted by Gasteiger charge is 2.25. The molecular weight excluding hydrogens is 438 g/mol. The largest absolute Gasteiger partial charge is 0.486 e. The Hall–Kier alpha value is -3.46. The second-order valence-electron chi connectivity index (χ2n) is 8.74. The molecule has 178 valence electrons. The standard InChI is InChI=1S/C25H28F2N6O/c1-16(2)33-11-12-34-24-20(26)13-17(14-22(24)33)23-21(27)15-29-25(31-23)30-18-3-5-19(6-4-18)32-9-7-28-8-10-32/h3-6,13-16,28H,7-12H2,1-2H3,(H,29,30,31). The van der Waals surface area contributed by atoms with Gasteiger partial charge in [0.05, 0.1) is 18.4 Å². The van der Waals surface area contributed by atoms with Crippen LogP contribution in [-0.4, -0.2) is 55.3 Å². The highest BCUT2D eigenvalue weighted by molar-refractivity contribution is 5.73. The summed E-state index contributed by atoms with van der Waals surface area (Å²) < 4.78 is 35.2. The maximum atomic E-state index is 14.9. The number of anilines is 4. The van der Waals surface area contributed by atoms with Gasteiger partial charge in [-0.1, -0.05) is 0 Å². The summed E-state index contributed by atoms with van der Waals surface area (Å²) in [4.78, 5) is 12.8. The number of piperazine rings is 1. The van der Waals surface area contributed by atoms with E-state index in [1.807, 2.05) is 43.0 Å². The molecule has 34 heavy (non-hydrogen) atoms. The first-order valence-electron chi connectivity index (χ1n) is 11.6. The average Bonchev–Trinajstić information content (AvgIpc) is 2.86. The van der Waals surface area contributed by atoms with Crippen LogP contribution in [0.5, 0.6) is 5.75 Å². The van der Waals surface area contributed by atoms with Crippen molar-refractivity contribution < 1.29 is 13.5 Å². The van der Waals surface area contributed by atoms with E-state index in [4.69, 9.17) is 4.74 Å². The van der Waals surface area contributed by atoms with E-state index in [-0.39, 0.29) is 23.4 Å². The number of rotatable bonds is 5. The molecule has 3 aromatic rings. The van der Waals surface area contributed by atoms with E-state index in [0.717, 1.165) is 43.8 Å². The minimum absolute atomic E-state index is 0.0333. The van der Waals surface area contributed by atoms with E-state index < -0.39 is 11.6 Å². The average molecular weight is 467 g/mol. The SMILES string of the molecule is CC(C)N1CCOc2c(F)cc(-c3nc(Nc4ccc(N5CCNCC5)cc4)ncc3F)cc21. The van der Waals surface area contributed by atoms with Crippen molar-refractivity contribution in [3.63, 3.8) is 0 Å². The third-order valence-electron chi connectivity index (χ3n) is 6.16. The molecule has 2 aromatic carbocycles. The second-order valence-corrected chi connectivity index (χ2v) is 8.74. The normalized spacial score (nSPS) is 15.8.